The third-order valence-corrected chi connectivity index (χ3v) is 3.22. The first-order chi connectivity index (χ1) is 7.52. The molecule has 2 fully saturated rings. The van der Waals surface area contributed by atoms with Crippen molar-refractivity contribution >= 4 is 12.1 Å². The second-order valence-electron chi connectivity index (χ2n) is 4.65. The predicted octanol–water partition coefficient (Wildman–Crippen LogP) is 0.242. The minimum Gasteiger partial charge on any atom is -0.447 e. The summed E-state index contributed by atoms with van der Waals surface area (Å²) in [6, 6.07) is 0.0279. The summed E-state index contributed by atoms with van der Waals surface area (Å²) in [5, 5.41) is 2.85. The lowest BCUT2D eigenvalue weighted by atomic mass is 9.89. The van der Waals surface area contributed by atoms with E-state index in [1.165, 1.54) is 0 Å². The maximum atomic E-state index is 11.7. The van der Waals surface area contributed by atoms with Crippen molar-refractivity contribution < 1.29 is 14.3 Å². The number of nitrogens with zero attached hydrogens (tertiary/aromatic N) is 2. The molecule has 0 atom stereocenters. The van der Waals surface area contributed by atoms with E-state index in [2.05, 4.69) is 5.32 Å². The Morgan fingerprint density at radius 3 is 2.50 bits per heavy atom. The van der Waals surface area contributed by atoms with Crippen LogP contribution in [0, 0.1) is 0 Å². The van der Waals surface area contributed by atoms with Gasteiger partial charge < -0.3 is 19.9 Å². The zero-order valence-electron chi connectivity index (χ0n) is 9.65. The van der Waals surface area contributed by atoms with Crippen molar-refractivity contribution in [1.82, 2.24) is 15.1 Å². The lowest BCUT2D eigenvalue weighted by Crippen LogP contribution is -2.55. The van der Waals surface area contributed by atoms with E-state index in [4.69, 9.17) is 4.74 Å². The standard InChI is InChI=1S/C10H17N3O3/c1-12(2)9(15)13-5-3-10(4-6-13)7-16-8(14)11-10/h3-7H2,1-2H3,(H,11,14). The van der Waals surface area contributed by atoms with Crippen molar-refractivity contribution in [2.45, 2.75) is 18.4 Å². The van der Waals surface area contributed by atoms with Gasteiger partial charge in [-0.25, -0.2) is 9.59 Å². The number of piperidine rings is 1. The molecule has 90 valence electrons. The Balaban J connectivity index is 1.92. The topological polar surface area (TPSA) is 61.9 Å². The highest BCUT2D eigenvalue weighted by molar-refractivity contribution is 5.74. The third kappa shape index (κ3) is 1.91. The number of likely N-dealkylation sites (tertiary alicyclic amines) is 1. The molecule has 0 aromatic heterocycles. The summed E-state index contributed by atoms with van der Waals surface area (Å²) >= 11 is 0. The van der Waals surface area contributed by atoms with E-state index in [-0.39, 0.29) is 17.7 Å². The number of urea groups is 1. The molecular weight excluding hydrogens is 210 g/mol. The van der Waals surface area contributed by atoms with Gasteiger partial charge in [-0.05, 0) is 12.8 Å². The minimum absolute atomic E-state index is 0.0279. The van der Waals surface area contributed by atoms with Gasteiger partial charge in [0, 0.05) is 27.2 Å². The summed E-state index contributed by atoms with van der Waals surface area (Å²) < 4.78 is 4.93. The van der Waals surface area contributed by atoms with Gasteiger partial charge in [-0.2, -0.15) is 0 Å². The fourth-order valence-electron chi connectivity index (χ4n) is 2.17. The highest BCUT2D eigenvalue weighted by Crippen LogP contribution is 2.26. The van der Waals surface area contributed by atoms with Gasteiger partial charge in [-0.1, -0.05) is 0 Å². The van der Waals surface area contributed by atoms with Crippen LogP contribution >= 0.6 is 0 Å². The Kier molecular flexibility index (Phi) is 2.65. The van der Waals surface area contributed by atoms with Crippen molar-refractivity contribution in [1.29, 1.82) is 0 Å². The van der Waals surface area contributed by atoms with E-state index < -0.39 is 0 Å². The van der Waals surface area contributed by atoms with E-state index in [1.54, 1.807) is 23.9 Å². The van der Waals surface area contributed by atoms with Crippen LogP contribution in [0.15, 0.2) is 0 Å². The average Bonchev–Trinajstić information content (AvgIpc) is 2.60. The number of amides is 3. The van der Waals surface area contributed by atoms with Crippen LogP contribution in [0.3, 0.4) is 0 Å². The molecule has 3 amide bonds. The first-order valence-electron chi connectivity index (χ1n) is 5.44. The molecule has 2 aliphatic heterocycles. The van der Waals surface area contributed by atoms with Gasteiger partial charge in [0.1, 0.15) is 6.61 Å². The quantitative estimate of drug-likeness (QED) is 0.645. The number of carbonyl (C=O) groups excluding carboxylic acids is 2. The molecule has 1 spiro atoms. The first-order valence-corrected chi connectivity index (χ1v) is 5.44. The maximum absolute atomic E-state index is 11.7. The number of ether oxygens (including phenoxy) is 1. The van der Waals surface area contributed by atoms with Crippen LogP contribution in [0.2, 0.25) is 0 Å². The van der Waals surface area contributed by atoms with Crippen molar-refractivity contribution in [3.63, 3.8) is 0 Å². The van der Waals surface area contributed by atoms with E-state index >= 15 is 0 Å². The van der Waals surface area contributed by atoms with Crippen LogP contribution in [-0.4, -0.2) is 61.3 Å². The number of nitrogens with one attached hydrogen (secondary N) is 1. The lowest BCUT2D eigenvalue weighted by molar-refractivity contribution is 0.122. The molecule has 6 nitrogen and oxygen atoms in total. The second-order valence-corrected chi connectivity index (χ2v) is 4.65. The average molecular weight is 227 g/mol. The Bertz CT molecular complexity index is 308. The molecular formula is C10H17N3O3. The molecule has 2 rings (SSSR count). The predicted molar refractivity (Wildman–Crippen MR) is 57.1 cm³/mol. The van der Waals surface area contributed by atoms with Crippen LogP contribution < -0.4 is 5.32 Å². The Morgan fingerprint density at radius 1 is 1.44 bits per heavy atom. The number of alkyl carbamates (subject to hydrolysis) is 1. The van der Waals surface area contributed by atoms with E-state index in [0.717, 1.165) is 12.8 Å². The molecule has 0 aliphatic carbocycles. The van der Waals surface area contributed by atoms with Crippen molar-refractivity contribution in [2.24, 2.45) is 0 Å². The molecule has 0 bridgehead atoms. The van der Waals surface area contributed by atoms with E-state index in [1.807, 2.05) is 0 Å². The van der Waals surface area contributed by atoms with Gasteiger partial charge >= 0.3 is 12.1 Å². The molecule has 0 aromatic carbocycles. The lowest BCUT2D eigenvalue weighted by Gasteiger charge is -2.38. The van der Waals surface area contributed by atoms with Crippen LogP contribution in [-0.2, 0) is 4.74 Å². The van der Waals surface area contributed by atoms with Gasteiger partial charge in [-0.3, -0.25) is 0 Å². The molecule has 6 heteroatoms. The van der Waals surface area contributed by atoms with Gasteiger partial charge in [0.2, 0.25) is 0 Å². The van der Waals surface area contributed by atoms with Crippen LogP contribution in [0.4, 0.5) is 9.59 Å². The largest absolute Gasteiger partial charge is 0.447 e. The third-order valence-electron chi connectivity index (χ3n) is 3.22. The van der Waals surface area contributed by atoms with Gasteiger partial charge in [0.05, 0.1) is 5.54 Å². The normalized spacial score (nSPS) is 22.9. The summed E-state index contributed by atoms with van der Waals surface area (Å²) in [4.78, 5) is 26.1. The highest BCUT2D eigenvalue weighted by Gasteiger charge is 2.42. The molecule has 0 unspecified atom stereocenters. The zero-order valence-corrected chi connectivity index (χ0v) is 9.65. The Morgan fingerprint density at radius 2 is 2.06 bits per heavy atom. The summed E-state index contributed by atoms with van der Waals surface area (Å²) in [6.45, 7) is 1.76. The van der Waals surface area contributed by atoms with Crippen LogP contribution in [0.25, 0.3) is 0 Å². The van der Waals surface area contributed by atoms with Crippen LogP contribution in [0.5, 0.6) is 0 Å². The molecule has 2 heterocycles. The Hall–Kier alpha value is -1.46. The van der Waals surface area contributed by atoms with Crippen molar-refractivity contribution in [2.75, 3.05) is 33.8 Å². The first kappa shape index (κ1) is 11.0. The maximum Gasteiger partial charge on any atom is 0.407 e. The van der Waals surface area contributed by atoms with Gasteiger partial charge in [-0.15, -0.1) is 0 Å². The molecule has 2 aliphatic rings. The highest BCUT2D eigenvalue weighted by atomic mass is 16.6. The van der Waals surface area contributed by atoms with E-state index in [0.29, 0.717) is 19.7 Å². The molecule has 1 N–H and O–H groups in total. The van der Waals surface area contributed by atoms with Crippen molar-refractivity contribution in [3.8, 4) is 0 Å². The van der Waals surface area contributed by atoms with Gasteiger partial charge in [0.25, 0.3) is 0 Å². The molecule has 16 heavy (non-hydrogen) atoms. The van der Waals surface area contributed by atoms with Crippen LogP contribution in [0.1, 0.15) is 12.8 Å². The summed E-state index contributed by atoms with van der Waals surface area (Å²) in [7, 11) is 3.49. The number of carbonyl (C=O) groups is 2. The number of cyclic esters (lactones) is 1. The SMILES string of the molecule is CN(C)C(=O)N1CCC2(CC1)COC(=O)N2. The second kappa shape index (κ2) is 3.84. The van der Waals surface area contributed by atoms with E-state index in [9.17, 15) is 9.59 Å². The van der Waals surface area contributed by atoms with Crippen molar-refractivity contribution in [3.05, 3.63) is 0 Å². The summed E-state index contributed by atoms with van der Waals surface area (Å²) in [5.41, 5.74) is -0.236. The Labute approximate surface area is 94.5 Å². The van der Waals surface area contributed by atoms with Gasteiger partial charge in [0.15, 0.2) is 0 Å². The fraction of sp³-hybridized carbons (Fsp3) is 0.800. The number of hydrogen-bond acceptors (Lipinski definition) is 3. The molecule has 0 saturated carbocycles. The fourth-order valence-corrected chi connectivity index (χ4v) is 2.17. The molecule has 2 saturated heterocycles. The summed E-state index contributed by atoms with van der Waals surface area (Å²) in [5.74, 6) is 0. The zero-order chi connectivity index (χ0) is 11.8. The smallest absolute Gasteiger partial charge is 0.407 e. The number of hydrogen-bond donors (Lipinski definition) is 1. The molecule has 0 radical (unpaired) electrons. The molecule has 0 aromatic rings. The monoisotopic (exact) mass is 227 g/mol. The minimum atomic E-state index is -0.340. The summed E-state index contributed by atoms with van der Waals surface area (Å²) in [6.07, 6.45) is 1.18. The number of rotatable bonds is 0.